The lowest BCUT2D eigenvalue weighted by molar-refractivity contribution is -0.129. The molecule has 7 heteroatoms. The molecule has 1 fully saturated rings. The fourth-order valence-electron chi connectivity index (χ4n) is 5.22. The summed E-state index contributed by atoms with van der Waals surface area (Å²) in [5, 5.41) is 6.72. The molecular weight excluding hydrogens is 578 g/mol. The second kappa shape index (κ2) is 10.3. The molecule has 1 atom stereocenters. The Balaban J connectivity index is 1.34. The van der Waals surface area contributed by atoms with Crippen LogP contribution in [0.15, 0.2) is 95.9 Å². The number of hydrazone groups is 1. The van der Waals surface area contributed by atoms with E-state index in [2.05, 4.69) is 41.0 Å². The predicted molar refractivity (Wildman–Crippen MR) is 157 cm³/mol. The van der Waals surface area contributed by atoms with Crippen molar-refractivity contribution in [2.75, 3.05) is 24.6 Å². The van der Waals surface area contributed by atoms with Crippen molar-refractivity contribution in [1.29, 1.82) is 0 Å². The van der Waals surface area contributed by atoms with E-state index < -0.39 is 0 Å². The molecule has 5 rings (SSSR count). The number of amides is 1. The van der Waals surface area contributed by atoms with Gasteiger partial charge in [-0.15, -0.1) is 0 Å². The summed E-state index contributed by atoms with van der Waals surface area (Å²) in [5.74, 6) is -0.220. The Bertz CT molecular complexity index is 1360. The number of nitrogens with zero attached hydrogens (tertiary/aromatic N) is 4. The Labute approximate surface area is 231 Å². The highest BCUT2D eigenvalue weighted by molar-refractivity contribution is 14.1. The molecule has 2 aliphatic heterocycles. The van der Waals surface area contributed by atoms with Crippen LogP contribution in [0.4, 0.5) is 10.1 Å². The van der Waals surface area contributed by atoms with Crippen LogP contribution in [0.3, 0.4) is 0 Å². The molecule has 3 aliphatic rings. The maximum absolute atomic E-state index is 13.9. The average Bonchev–Trinajstić information content (AvgIpc) is 3.15. The van der Waals surface area contributed by atoms with E-state index in [1.807, 2.05) is 77.7 Å². The summed E-state index contributed by atoms with van der Waals surface area (Å²) in [6.07, 6.45) is 9.26. The molecule has 1 saturated heterocycles. The lowest BCUT2D eigenvalue weighted by Crippen LogP contribution is -2.59. The molecule has 1 aliphatic carbocycles. The summed E-state index contributed by atoms with van der Waals surface area (Å²) in [7, 11) is 0. The molecule has 0 saturated carbocycles. The summed E-state index contributed by atoms with van der Waals surface area (Å²) in [4.78, 5) is 17.8. The molecule has 2 heterocycles. The van der Waals surface area contributed by atoms with Gasteiger partial charge >= 0.3 is 0 Å². The monoisotopic (exact) mass is 608 g/mol. The van der Waals surface area contributed by atoms with E-state index in [9.17, 15) is 9.18 Å². The highest BCUT2D eigenvalue weighted by Gasteiger charge is 2.40. The molecule has 1 amide bonds. The number of benzene rings is 2. The van der Waals surface area contributed by atoms with Gasteiger partial charge in [0.15, 0.2) is 0 Å². The van der Waals surface area contributed by atoms with Crippen molar-refractivity contribution in [3.05, 3.63) is 108 Å². The van der Waals surface area contributed by atoms with Crippen LogP contribution < -0.4 is 5.01 Å². The molecular formula is C30H30FIN4O. The highest BCUT2D eigenvalue weighted by atomic mass is 127. The normalized spacial score (nSPS) is 21.5. The van der Waals surface area contributed by atoms with Crippen molar-refractivity contribution >= 4 is 45.5 Å². The predicted octanol–water partition coefficient (Wildman–Crippen LogP) is 6.30. The van der Waals surface area contributed by atoms with Gasteiger partial charge in [-0.1, -0.05) is 59.5 Å². The van der Waals surface area contributed by atoms with E-state index in [1.54, 1.807) is 6.07 Å². The molecule has 0 spiro atoms. The quantitative estimate of drug-likeness (QED) is 0.233. The first-order valence-corrected chi connectivity index (χ1v) is 13.5. The summed E-state index contributed by atoms with van der Waals surface area (Å²) < 4.78 is 13.5. The zero-order chi connectivity index (χ0) is 26.2. The van der Waals surface area contributed by atoms with Gasteiger partial charge in [0.1, 0.15) is 15.1 Å². The van der Waals surface area contributed by atoms with Gasteiger partial charge in [-0.05, 0) is 79.8 Å². The molecule has 2 aromatic carbocycles. The standard InChI is InChI=1S/C30H30FIN4O/c1-21-26(15-13-23-12-14-24(31)19-27(21)23)29(37)34-17-18-35(30(3,32)20-34)22(2)28-11-7-8-16-36(33-28)25-9-5-4-6-10-25/h4-12,14,16,19H,2,13,15,17-18,20H2,1,3H3. The second-order valence-corrected chi connectivity index (χ2v) is 12.1. The molecule has 0 aromatic heterocycles. The van der Waals surface area contributed by atoms with E-state index in [-0.39, 0.29) is 15.3 Å². The fourth-order valence-corrected chi connectivity index (χ4v) is 6.16. The first kappa shape index (κ1) is 25.4. The smallest absolute Gasteiger partial charge is 0.250 e. The van der Waals surface area contributed by atoms with Gasteiger partial charge in [-0.3, -0.25) is 4.79 Å². The highest BCUT2D eigenvalue weighted by Crippen LogP contribution is 2.36. The molecule has 0 N–H and O–H groups in total. The molecule has 1 unspecified atom stereocenters. The van der Waals surface area contributed by atoms with Crippen LogP contribution in [-0.2, 0) is 11.2 Å². The Morgan fingerprint density at radius 1 is 1.11 bits per heavy atom. The summed E-state index contributed by atoms with van der Waals surface area (Å²) >= 11 is 2.42. The zero-order valence-corrected chi connectivity index (χ0v) is 23.3. The van der Waals surface area contributed by atoms with Crippen molar-refractivity contribution in [3.63, 3.8) is 0 Å². The van der Waals surface area contributed by atoms with Gasteiger partial charge in [0.25, 0.3) is 0 Å². The van der Waals surface area contributed by atoms with Gasteiger partial charge < -0.3 is 9.80 Å². The number of carbonyl (C=O) groups excluding carboxylic acids is 1. The number of alkyl halides is 1. The fraction of sp³-hybridized carbons (Fsp3) is 0.267. The number of allylic oxidation sites excluding steroid dienone is 4. The van der Waals surface area contributed by atoms with Gasteiger partial charge in [0.2, 0.25) is 5.91 Å². The van der Waals surface area contributed by atoms with Crippen LogP contribution in [0.1, 0.15) is 31.4 Å². The number of fused-ring (bicyclic) bond motifs is 1. The summed E-state index contributed by atoms with van der Waals surface area (Å²) in [6, 6.07) is 14.9. The summed E-state index contributed by atoms with van der Waals surface area (Å²) in [6.45, 7) is 10.3. The third kappa shape index (κ3) is 5.14. The molecule has 190 valence electrons. The first-order chi connectivity index (χ1) is 17.7. The lowest BCUT2D eigenvalue weighted by atomic mass is 9.85. The van der Waals surface area contributed by atoms with Crippen LogP contribution in [0.25, 0.3) is 5.57 Å². The Morgan fingerprint density at radius 3 is 2.65 bits per heavy atom. The van der Waals surface area contributed by atoms with Crippen molar-refractivity contribution in [2.24, 2.45) is 5.10 Å². The van der Waals surface area contributed by atoms with Gasteiger partial charge in [-0.2, -0.15) is 5.10 Å². The van der Waals surface area contributed by atoms with Gasteiger partial charge in [0.05, 0.1) is 17.9 Å². The minimum absolute atomic E-state index is 0.0479. The lowest BCUT2D eigenvalue weighted by Gasteiger charge is -2.48. The van der Waals surface area contributed by atoms with Crippen LogP contribution >= 0.6 is 22.6 Å². The SMILES string of the molecule is C=C(C1=NN(c2ccccc2)C=CC=C1)N1CCN(C(=O)C2=C(C)c3cc(F)ccc3CC2)CC1(C)I. The second-order valence-electron chi connectivity index (χ2n) is 9.74. The molecule has 37 heavy (non-hydrogen) atoms. The topological polar surface area (TPSA) is 39.1 Å². The van der Waals surface area contributed by atoms with Crippen molar-refractivity contribution in [3.8, 4) is 0 Å². The van der Waals surface area contributed by atoms with E-state index in [4.69, 9.17) is 5.10 Å². The van der Waals surface area contributed by atoms with E-state index in [0.717, 1.165) is 45.8 Å². The Hall–Kier alpha value is -3.20. The first-order valence-electron chi connectivity index (χ1n) is 12.5. The third-order valence-electron chi connectivity index (χ3n) is 7.20. The number of piperazine rings is 1. The minimum atomic E-state index is -0.371. The third-order valence-corrected chi connectivity index (χ3v) is 8.13. The summed E-state index contributed by atoms with van der Waals surface area (Å²) in [5.41, 5.74) is 6.21. The number of anilines is 1. The number of carbonyl (C=O) groups is 1. The number of halogens is 2. The molecule has 5 nitrogen and oxygen atoms in total. The van der Waals surface area contributed by atoms with Crippen LogP contribution in [0, 0.1) is 5.82 Å². The largest absolute Gasteiger partial charge is 0.352 e. The van der Waals surface area contributed by atoms with Crippen molar-refractivity contribution in [1.82, 2.24) is 9.80 Å². The van der Waals surface area contributed by atoms with Crippen LogP contribution in [0.2, 0.25) is 0 Å². The van der Waals surface area contributed by atoms with Gasteiger partial charge in [-0.25, -0.2) is 9.40 Å². The number of hydrogen-bond donors (Lipinski definition) is 0. The molecule has 0 bridgehead atoms. The number of para-hydroxylation sites is 1. The number of hydrogen-bond acceptors (Lipinski definition) is 4. The maximum atomic E-state index is 13.9. The number of rotatable bonds is 4. The average molecular weight is 608 g/mol. The van der Waals surface area contributed by atoms with E-state index >= 15 is 0 Å². The Kier molecular flexibility index (Phi) is 7.07. The van der Waals surface area contributed by atoms with Crippen LogP contribution in [0.5, 0.6) is 0 Å². The van der Waals surface area contributed by atoms with Crippen molar-refractivity contribution in [2.45, 2.75) is 30.2 Å². The van der Waals surface area contributed by atoms with Crippen molar-refractivity contribution < 1.29 is 9.18 Å². The van der Waals surface area contributed by atoms with E-state index in [0.29, 0.717) is 26.1 Å². The number of aryl methyl sites for hydroxylation is 1. The molecule has 2 aromatic rings. The molecule has 0 radical (unpaired) electrons. The Morgan fingerprint density at radius 2 is 1.89 bits per heavy atom. The maximum Gasteiger partial charge on any atom is 0.250 e. The van der Waals surface area contributed by atoms with E-state index in [1.165, 1.54) is 6.07 Å². The van der Waals surface area contributed by atoms with Gasteiger partial charge in [0, 0.05) is 24.9 Å². The minimum Gasteiger partial charge on any atom is -0.352 e. The zero-order valence-electron chi connectivity index (χ0n) is 21.1. The van der Waals surface area contributed by atoms with Crippen LogP contribution in [-0.4, -0.2) is 44.6 Å².